The number of anilines is 1. The predicted octanol–water partition coefficient (Wildman–Crippen LogP) is 7.24. The fourth-order valence-corrected chi connectivity index (χ4v) is 5.00. The van der Waals surface area contributed by atoms with Gasteiger partial charge in [0.2, 0.25) is 0 Å². The Morgan fingerprint density at radius 2 is 1.56 bits per heavy atom. The summed E-state index contributed by atoms with van der Waals surface area (Å²) in [6, 6.07) is 24.6. The summed E-state index contributed by atoms with van der Waals surface area (Å²) in [4.78, 5) is 39.9. The van der Waals surface area contributed by atoms with Crippen molar-refractivity contribution in [1.82, 2.24) is 5.32 Å². The molecule has 8 nitrogen and oxygen atoms in total. The van der Waals surface area contributed by atoms with Gasteiger partial charge in [0.05, 0.1) is 12.8 Å². The van der Waals surface area contributed by atoms with Gasteiger partial charge in [0.25, 0.3) is 11.8 Å². The molecule has 0 saturated carbocycles. The van der Waals surface area contributed by atoms with Gasteiger partial charge >= 0.3 is 6.03 Å². The van der Waals surface area contributed by atoms with Crippen LogP contribution in [0.15, 0.2) is 95.0 Å². The van der Waals surface area contributed by atoms with Gasteiger partial charge < -0.3 is 14.2 Å². The van der Waals surface area contributed by atoms with Crippen molar-refractivity contribution in [2.75, 3.05) is 12.0 Å². The van der Waals surface area contributed by atoms with Gasteiger partial charge in [-0.15, -0.1) is 0 Å². The summed E-state index contributed by atoms with van der Waals surface area (Å²) in [6.07, 6.45) is 1.40. The lowest BCUT2D eigenvalue weighted by molar-refractivity contribution is -0.122. The van der Waals surface area contributed by atoms with Crippen LogP contribution in [0.1, 0.15) is 22.3 Å². The minimum absolute atomic E-state index is 0.166. The van der Waals surface area contributed by atoms with Gasteiger partial charge in [-0.25, -0.2) is 9.69 Å². The van der Waals surface area contributed by atoms with Crippen molar-refractivity contribution in [2.45, 2.75) is 20.1 Å². The molecule has 1 heterocycles. The van der Waals surface area contributed by atoms with E-state index in [1.807, 2.05) is 48.5 Å². The van der Waals surface area contributed by atoms with E-state index in [4.69, 9.17) is 25.8 Å². The van der Waals surface area contributed by atoms with Crippen LogP contribution in [-0.4, -0.2) is 25.0 Å². The minimum Gasteiger partial charge on any atom is -0.493 e. The number of imide groups is 2. The molecule has 0 bridgehead atoms. The molecule has 0 spiro atoms. The smallest absolute Gasteiger partial charge is 0.335 e. The van der Waals surface area contributed by atoms with Gasteiger partial charge in [0.15, 0.2) is 11.5 Å². The number of halogens is 2. The topological polar surface area (TPSA) is 94.2 Å². The van der Waals surface area contributed by atoms with Crippen LogP contribution < -0.4 is 24.4 Å². The van der Waals surface area contributed by atoms with Gasteiger partial charge in [-0.1, -0.05) is 70.0 Å². The number of hydrogen-bond donors (Lipinski definition) is 1. The monoisotopic (exact) mass is 660 g/mol. The van der Waals surface area contributed by atoms with Crippen LogP contribution in [0.4, 0.5) is 10.5 Å². The summed E-state index contributed by atoms with van der Waals surface area (Å²) < 4.78 is 18.3. The number of urea groups is 1. The molecule has 0 atom stereocenters. The van der Waals surface area contributed by atoms with E-state index >= 15 is 0 Å². The van der Waals surface area contributed by atoms with Crippen molar-refractivity contribution in [3.8, 4) is 17.2 Å². The summed E-state index contributed by atoms with van der Waals surface area (Å²) in [7, 11) is 1.57. The summed E-state index contributed by atoms with van der Waals surface area (Å²) in [5.74, 6) is -0.0173. The maximum absolute atomic E-state index is 13.5. The lowest BCUT2D eigenvalue weighted by atomic mass is 10.0. The van der Waals surface area contributed by atoms with E-state index in [2.05, 4.69) is 21.2 Å². The van der Waals surface area contributed by atoms with Gasteiger partial charge in [0, 0.05) is 15.1 Å². The molecule has 1 fully saturated rings. The third-order valence-corrected chi connectivity index (χ3v) is 7.62. The van der Waals surface area contributed by atoms with E-state index in [0.717, 1.165) is 16.0 Å². The standard InChI is InChI=1S/C33H26BrClN2O6/c1-20-26(35)9-6-10-27(20)37-32(39)25(31(38)36-33(37)40)17-23-16-24(34)12-14-28(23)42-19-22-11-13-29(30(15-22)41-2)43-18-21-7-4-3-5-8-21/h3-17H,18-19H2,1-2H3,(H,36,38,40)/b25-17-. The van der Waals surface area contributed by atoms with Gasteiger partial charge in [0.1, 0.15) is 24.5 Å². The Hall–Kier alpha value is -4.60. The van der Waals surface area contributed by atoms with Crippen molar-refractivity contribution in [2.24, 2.45) is 0 Å². The molecule has 218 valence electrons. The molecule has 10 heteroatoms. The fraction of sp³-hybridized carbons (Fsp3) is 0.121. The van der Waals surface area contributed by atoms with Crippen molar-refractivity contribution in [1.29, 1.82) is 0 Å². The number of carbonyl (C=O) groups excluding carboxylic acids is 3. The van der Waals surface area contributed by atoms with Crippen LogP contribution >= 0.6 is 27.5 Å². The zero-order valence-electron chi connectivity index (χ0n) is 23.2. The maximum atomic E-state index is 13.5. The van der Waals surface area contributed by atoms with E-state index in [1.165, 1.54) is 6.08 Å². The van der Waals surface area contributed by atoms with Gasteiger partial charge in [-0.2, -0.15) is 0 Å². The van der Waals surface area contributed by atoms with Crippen molar-refractivity contribution in [3.63, 3.8) is 0 Å². The average Bonchev–Trinajstić information content (AvgIpc) is 3.00. The second-order valence-corrected chi connectivity index (χ2v) is 10.9. The number of hydrogen-bond acceptors (Lipinski definition) is 6. The lowest BCUT2D eigenvalue weighted by Crippen LogP contribution is -2.54. The lowest BCUT2D eigenvalue weighted by Gasteiger charge is -2.28. The quantitative estimate of drug-likeness (QED) is 0.150. The molecule has 1 N–H and O–H groups in total. The maximum Gasteiger partial charge on any atom is 0.335 e. The van der Waals surface area contributed by atoms with Gasteiger partial charge in [-0.05, 0) is 72.2 Å². The van der Waals surface area contributed by atoms with E-state index in [0.29, 0.717) is 44.5 Å². The number of ether oxygens (including phenoxy) is 3. The summed E-state index contributed by atoms with van der Waals surface area (Å²) in [5.41, 5.74) is 2.88. The number of amides is 4. The second-order valence-electron chi connectivity index (χ2n) is 9.57. The number of carbonyl (C=O) groups is 3. The number of nitrogens with one attached hydrogen (secondary N) is 1. The SMILES string of the molecule is COc1cc(COc2ccc(Br)cc2/C=C2/C(=O)NC(=O)N(c3cccc(Cl)c3C)C2=O)ccc1OCc1ccccc1. The molecule has 0 radical (unpaired) electrons. The van der Waals surface area contributed by atoms with E-state index in [1.54, 1.807) is 50.4 Å². The zero-order chi connectivity index (χ0) is 30.5. The second kappa shape index (κ2) is 13.1. The number of barbiturate groups is 1. The highest BCUT2D eigenvalue weighted by Gasteiger charge is 2.37. The number of methoxy groups -OCH3 is 1. The van der Waals surface area contributed by atoms with Crippen molar-refractivity contribution >= 4 is 57.1 Å². The first-order valence-corrected chi connectivity index (χ1v) is 14.3. The Balaban J connectivity index is 1.37. The zero-order valence-corrected chi connectivity index (χ0v) is 25.6. The molecule has 0 aromatic heterocycles. The molecule has 4 aromatic carbocycles. The van der Waals surface area contributed by atoms with Crippen LogP contribution in [0.2, 0.25) is 5.02 Å². The van der Waals surface area contributed by atoms with E-state index < -0.39 is 17.8 Å². The Labute approximate surface area is 261 Å². The minimum atomic E-state index is -0.853. The van der Waals surface area contributed by atoms with Crippen molar-refractivity contribution < 1.29 is 28.6 Å². The molecule has 0 unspecified atom stereocenters. The highest BCUT2D eigenvalue weighted by atomic mass is 79.9. The van der Waals surface area contributed by atoms with E-state index in [9.17, 15) is 14.4 Å². The Morgan fingerprint density at radius 3 is 2.33 bits per heavy atom. The molecule has 5 rings (SSSR count). The molecule has 4 aromatic rings. The Bertz CT molecular complexity index is 1740. The summed E-state index contributed by atoms with van der Waals surface area (Å²) in [5, 5.41) is 2.63. The third-order valence-electron chi connectivity index (χ3n) is 6.71. The summed E-state index contributed by atoms with van der Waals surface area (Å²) >= 11 is 9.67. The molecule has 43 heavy (non-hydrogen) atoms. The van der Waals surface area contributed by atoms with E-state index in [-0.39, 0.29) is 17.9 Å². The van der Waals surface area contributed by atoms with Crippen LogP contribution in [-0.2, 0) is 22.8 Å². The normalized spacial score (nSPS) is 14.1. The first-order chi connectivity index (χ1) is 20.7. The Morgan fingerprint density at radius 1 is 0.837 bits per heavy atom. The number of benzene rings is 4. The molecule has 0 aliphatic carbocycles. The third kappa shape index (κ3) is 6.74. The molecule has 1 saturated heterocycles. The fourth-order valence-electron chi connectivity index (χ4n) is 4.45. The molecule has 4 amide bonds. The Kier molecular flexibility index (Phi) is 9.13. The molecule has 1 aliphatic heterocycles. The van der Waals surface area contributed by atoms with Gasteiger partial charge in [-0.3, -0.25) is 14.9 Å². The molecular weight excluding hydrogens is 636 g/mol. The predicted molar refractivity (Wildman–Crippen MR) is 167 cm³/mol. The largest absolute Gasteiger partial charge is 0.493 e. The first-order valence-electron chi connectivity index (χ1n) is 13.2. The molecule has 1 aliphatic rings. The van der Waals surface area contributed by atoms with Crippen LogP contribution in [0.5, 0.6) is 17.2 Å². The highest BCUT2D eigenvalue weighted by molar-refractivity contribution is 9.10. The summed E-state index contributed by atoms with van der Waals surface area (Å²) in [6.45, 7) is 2.25. The first kappa shape index (κ1) is 29.9. The average molecular weight is 662 g/mol. The number of nitrogens with zero attached hydrogens (tertiary/aromatic N) is 1. The number of rotatable bonds is 9. The van der Waals surface area contributed by atoms with Crippen LogP contribution in [0.3, 0.4) is 0 Å². The molecular formula is C33H26BrClN2O6. The van der Waals surface area contributed by atoms with Crippen LogP contribution in [0.25, 0.3) is 6.08 Å². The highest BCUT2D eigenvalue weighted by Crippen LogP contribution is 2.33. The van der Waals surface area contributed by atoms with Crippen LogP contribution in [0, 0.1) is 6.92 Å². The van der Waals surface area contributed by atoms with Crippen molar-refractivity contribution in [3.05, 3.63) is 122 Å².